The first kappa shape index (κ1) is 19.1. The van der Waals surface area contributed by atoms with Gasteiger partial charge in [0.25, 0.3) is 0 Å². The lowest BCUT2D eigenvalue weighted by Gasteiger charge is -2.25. The number of anilines is 3. The Hall–Kier alpha value is -4.27. The van der Waals surface area contributed by atoms with Gasteiger partial charge in [0, 0.05) is 28.2 Å². The SMILES string of the molecule is [C-]#[N+]c1ccc(C#Cc2ccc(N(c3ccccc3)c3ccc(C)cc3)cc2)cc1. The molecule has 0 atom stereocenters. The van der Waals surface area contributed by atoms with Gasteiger partial charge in [0.05, 0.1) is 6.57 Å². The summed E-state index contributed by atoms with van der Waals surface area (Å²) in [5.74, 6) is 6.37. The predicted octanol–water partition coefficient (Wildman–Crippen LogP) is 7.42. The summed E-state index contributed by atoms with van der Waals surface area (Å²) in [7, 11) is 0. The number of para-hydroxylation sites is 1. The molecule has 30 heavy (non-hydrogen) atoms. The zero-order chi connectivity index (χ0) is 20.8. The standard InChI is InChI=1S/C28H20N2/c1-22-8-18-27(19-9-22)30(26-6-4-3-5-7-26)28-20-14-24(15-21-28)11-10-23-12-16-25(29-2)17-13-23/h3-9,12-21H,1H3. The van der Waals surface area contributed by atoms with Crippen molar-refractivity contribution in [1.29, 1.82) is 0 Å². The summed E-state index contributed by atoms with van der Waals surface area (Å²) in [6, 6.07) is 34.5. The molecular formula is C28H20N2. The summed E-state index contributed by atoms with van der Waals surface area (Å²) >= 11 is 0. The van der Waals surface area contributed by atoms with Gasteiger partial charge in [-0.3, -0.25) is 0 Å². The highest BCUT2D eigenvalue weighted by Crippen LogP contribution is 2.34. The highest BCUT2D eigenvalue weighted by atomic mass is 15.1. The van der Waals surface area contributed by atoms with Crippen molar-refractivity contribution < 1.29 is 0 Å². The lowest BCUT2D eigenvalue weighted by Crippen LogP contribution is -2.09. The molecule has 0 heterocycles. The molecule has 0 aliphatic rings. The second kappa shape index (κ2) is 8.82. The van der Waals surface area contributed by atoms with E-state index in [1.807, 2.05) is 30.3 Å². The fraction of sp³-hybridized carbons (Fsp3) is 0.0357. The van der Waals surface area contributed by atoms with Crippen LogP contribution in [0.2, 0.25) is 0 Å². The van der Waals surface area contributed by atoms with Gasteiger partial charge in [-0.2, -0.15) is 0 Å². The first-order valence-electron chi connectivity index (χ1n) is 9.74. The van der Waals surface area contributed by atoms with Crippen molar-refractivity contribution >= 4 is 22.7 Å². The van der Waals surface area contributed by atoms with Crippen LogP contribution in [0.1, 0.15) is 16.7 Å². The minimum absolute atomic E-state index is 0.627. The van der Waals surface area contributed by atoms with E-state index in [2.05, 4.69) is 89.2 Å². The fourth-order valence-electron chi connectivity index (χ4n) is 3.18. The van der Waals surface area contributed by atoms with Crippen molar-refractivity contribution in [2.75, 3.05) is 4.90 Å². The van der Waals surface area contributed by atoms with E-state index in [4.69, 9.17) is 6.57 Å². The largest absolute Gasteiger partial charge is 0.311 e. The van der Waals surface area contributed by atoms with Crippen molar-refractivity contribution in [2.45, 2.75) is 6.92 Å². The normalized spacial score (nSPS) is 9.87. The molecule has 0 aliphatic heterocycles. The van der Waals surface area contributed by atoms with E-state index in [0.717, 1.165) is 28.2 Å². The second-order valence-electron chi connectivity index (χ2n) is 6.96. The molecular weight excluding hydrogens is 364 g/mol. The molecule has 2 nitrogen and oxygen atoms in total. The first-order valence-corrected chi connectivity index (χ1v) is 9.74. The van der Waals surface area contributed by atoms with E-state index in [1.165, 1.54) is 5.56 Å². The molecule has 0 aromatic heterocycles. The summed E-state index contributed by atoms with van der Waals surface area (Å²) in [6.07, 6.45) is 0. The Bertz CT molecular complexity index is 1220. The fourth-order valence-corrected chi connectivity index (χ4v) is 3.18. The summed E-state index contributed by atoms with van der Waals surface area (Å²) in [5, 5.41) is 0. The van der Waals surface area contributed by atoms with Crippen LogP contribution in [0.5, 0.6) is 0 Å². The molecule has 0 aliphatic carbocycles. The lowest BCUT2D eigenvalue weighted by atomic mass is 10.1. The number of benzene rings is 4. The summed E-state index contributed by atoms with van der Waals surface area (Å²) in [6.45, 7) is 9.12. The molecule has 4 rings (SSSR count). The maximum atomic E-state index is 7.03. The van der Waals surface area contributed by atoms with Gasteiger partial charge in [0.15, 0.2) is 5.69 Å². The molecule has 0 spiro atoms. The van der Waals surface area contributed by atoms with E-state index in [-0.39, 0.29) is 0 Å². The van der Waals surface area contributed by atoms with Crippen LogP contribution in [0.25, 0.3) is 4.85 Å². The van der Waals surface area contributed by atoms with Gasteiger partial charge >= 0.3 is 0 Å². The van der Waals surface area contributed by atoms with Crippen LogP contribution in [0.3, 0.4) is 0 Å². The van der Waals surface area contributed by atoms with E-state index in [1.54, 1.807) is 12.1 Å². The highest BCUT2D eigenvalue weighted by molar-refractivity contribution is 5.76. The van der Waals surface area contributed by atoms with E-state index in [0.29, 0.717) is 5.69 Å². The molecule has 0 amide bonds. The van der Waals surface area contributed by atoms with Crippen LogP contribution in [-0.2, 0) is 0 Å². The smallest absolute Gasteiger partial charge is 0.187 e. The van der Waals surface area contributed by atoms with Crippen LogP contribution < -0.4 is 4.90 Å². The third-order valence-corrected chi connectivity index (χ3v) is 4.78. The van der Waals surface area contributed by atoms with Gasteiger partial charge in [-0.1, -0.05) is 72.0 Å². The third kappa shape index (κ3) is 4.41. The summed E-state index contributed by atoms with van der Waals surface area (Å²) < 4.78 is 0. The van der Waals surface area contributed by atoms with Crippen molar-refractivity contribution in [2.24, 2.45) is 0 Å². The number of nitrogens with zero attached hydrogens (tertiary/aromatic N) is 2. The van der Waals surface area contributed by atoms with Gasteiger partial charge < -0.3 is 4.90 Å². The predicted molar refractivity (Wildman–Crippen MR) is 125 cm³/mol. The molecule has 0 radical (unpaired) electrons. The Morgan fingerprint density at radius 2 is 1.07 bits per heavy atom. The van der Waals surface area contributed by atoms with Crippen molar-refractivity contribution in [3.05, 3.63) is 131 Å². The van der Waals surface area contributed by atoms with Gasteiger partial charge in [0.1, 0.15) is 0 Å². The first-order chi connectivity index (χ1) is 14.7. The Kier molecular flexibility index (Phi) is 5.61. The number of rotatable bonds is 3. The van der Waals surface area contributed by atoms with E-state index >= 15 is 0 Å². The molecule has 142 valence electrons. The second-order valence-corrected chi connectivity index (χ2v) is 6.96. The van der Waals surface area contributed by atoms with Crippen LogP contribution in [0.4, 0.5) is 22.7 Å². The topological polar surface area (TPSA) is 7.60 Å². The highest BCUT2D eigenvalue weighted by Gasteiger charge is 2.11. The number of hydrogen-bond acceptors (Lipinski definition) is 1. The van der Waals surface area contributed by atoms with Crippen LogP contribution in [-0.4, -0.2) is 0 Å². The van der Waals surface area contributed by atoms with Crippen LogP contribution >= 0.6 is 0 Å². The Morgan fingerprint density at radius 3 is 1.60 bits per heavy atom. The van der Waals surface area contributed by atoms with Crippen molar-refractivity contribution in [3.63, 3.8) is 0 Å². The quantitative estimate of drug-likeness (QED) is 0.263. The maximum Gasteiger partial charge on any atom is 0.187 e. The summed E-state index contributed by atoms with van der Waals surface area (Å²) in [4.78, 5) is 5.64. The monoisotopic (exact) mass is 384 g/mol. The van der Waals surface area contributed by atoms with Crippen molar-refractivity contribution in [3.8, 4) is 11.8 Å². The van der Waals surface area contributed by atoms with Gasteiger partial charge in [-0.15, -0.1) is 0 Å². The molecule has 2 heteroatoms. The van der Waals surface area contributed by atoms with Gasteiger partial charge in [-0.25, -0.2) is 4.85 Å². The molecule has 0 unspecified atom stereocenters. The molecule has 4 aromatic rings. The number of aryl methyl sites for hydroxylation is 1. The average Bonchev–Trinajstić information content (AvgIpc) is 2.81. The Labute approximate surface area is 177 Å². The van der Waals surface area contributed by atoms with Crippen LogP contribution in [0, 0.1) is 25.3 Å². The van der Waals surface area contributed by atoms with Gasteiger partial charge in [0.2, 0.25) is 0 Å². The molecule has 0 saturated heterocycles. The molecule has 0 fully saturated rings. The van der Waals surface area contributed by atoms with E-state index < -0.39 is 0 Å². The minimum Gasteiger partial charge on any atom is -0.311 e. The lowest BCUT2D eigenvalue weighted by molar-refractivity contribution is 1.27. The zero-order valence-electron chi connectivity index (χ0n) is 16.7. The third-order valence-electron chi connectivity index (χ3n) is 4.78. The maximum absolute atomic E-state index is 7.03. The molecule has 0 N–H and O–H groups in total. The zero-order valence-corrected chi connectivity index (χ0v) is 16.7. The molecule has 0 saturated carbocycles. The Balaban J connectivity index is 1.64. The molecule has 0 bridgehead atoms. The van der Waals surface area contributed by atoms with E-state index in [9.17, 15) is 0 Å². The van der Waals surface area contributed by atoms with Crippen LogP contribution in [0.15, 0.2) is 103 Å². The molecule has 4 aromatic carbocycles. The van der Waals surface area contributed by atoms with Crippen molar-refractivity contribution in [1.82, 2.24) is 0 Å². The average molecular weight is 384 g/mol. The summed E-state index contributed by atoms with van der Waals surface area (Å²) in [5.41, 5.74) is 7.02. The minimum atomic E-state index is 0.627. The number of hydrogen-bond donors (Lipinski definition) is 0. The Morgan fingerprint density at radius 1 is 0.600 bits per heavy atom. The van der Waals surface area contributed by atoms with Gasteiger partial charge in [-0.05, 0) is 55.5 Å².